The number of methoxy groups -OCH3 is 3. The van der Waals surface area contributed by atoms with Crippen LogP contribution in [0.1, 0.15) is 20.3 Å². The molecule has 0 aliphatic rings. The Morgan fingerprint density at radius 2 is 1.47 bits per heavy atom. The van der Waals surface area contributed by atoms with E-state index in [-0.39, 0.29) is 17.6 Å². The van der Waals surface area contributed by atoms with Crippen molar-refractivity contribution >= 4 is 0 Å². The molecule has 0 rings (SSSR count). The van der Waals surface area contributed by atoms with Gasteiger partial charge in [0, 0.05) is 26.7 Å². The van der Waals surface area contributed by atoms with E-state index in [1.807, 2.05) is 13.8 Å². The molecule has 0 saturated heterocycles. The summed E-state index contributed by atoms with van der Waals surface area (Å²) in [6.07, 6.45) is 0.689. The van der Waals surface area contributed by atoms with Crippen LogP contribution in [0.15, 0.2) is 0 Å². The molecule has 0 bridgehead atoms. The van der Waals surface area contributed by atoms with Crippen LogP contribution in [0.5, 0.6) is 0 Å². The van der Waals surface area contributed by atoms with E-state index in [0.717, 1.165) is 0 Å². The van der Waals surface area contributed by atoms with Gasteiger partial charge in [-0.15, -0.1) is 0 Å². The molecule has 1 N–H and O–H groups in total. The summed E-state index contributed by atoms with van der Waals surface area (Å²) in [6, 6.07) is 0. The molecule has 4 nitrogen and oxygen atoms in total. The zero-order chi connectivity index (χ0) is 11.9. The van der Waals surface area contributed by atoms with Crippen molar-refractivity contribution < 1.29 is 19.3 Å². The van der Waals surface area contributed by atoms with Gasteiger partial charge in [0.2, 0.25) is 0 Å². The van der Waals surface area contributed by atoms with E-state index in [9.17, 15) is 5.11 Å². The minimum absolute atomic E-state index is 0.0292. The molecule has 0 aromatic heterocycles. The van der Waals surface area contributed by atoms with Crippen molar-refractivity contribution in [3.63, 3.8) is 0 Å². The Labute approximate surface area is 92.5 Å². The molecular weight excluding hydrogens is 196 g/mol. The lowest BCUT2D eigenvalue weighted by Gasteiger charge is -2.37. The number of aliphatic hydroxyl groups excluding tert-OH is 1. The van der Waals surface area contributed by atoms with Crippen molar-refractivity contribution in [1.82, 2.24) is 0 Å². The van der Waals surface area contributed by atoms with Crippen molar-refractivity contribution in [3.05, 3.63) is 0 Å². The molecular formula is C11H24O4. The quantitative estimate of drug-likeness (QED) is 0.665. The van der Waals surface area contributed by atoms with E-state index >= 15 is 0 Å². The highest BCUT2D eigenvalue weighted by Gasteiger charge is 2.36. The first kappa shape index (κ1) is 14.8. The van der Waals surface area contributed by atoms with E-state index in [4.69, 9.17) is 14.2 Å². The molecule has 0 unspecified atom stereocenters. The molecule has 0 spiro atoms. The van der Waals surface area contributed by atoms with Gasteiger partial charge in [-0.25, -0.2) is 0 Å². The second-order valence-corrected chi connectivity index (χ2v) is 4.66. The van der Waals surface area contributed by atoms with Gasteiger partial charge in [0.15, 0.2) is 0 Å². The van der Waals surface area contributed by atoms with E-state index < -0.39 is 0 Å². The fraction of sp³-hybridized carbons (Fsp3) is 1.00. The van der Waals surface area contributed by atoms with Crippen molar-refractivity contribution in [2.45, 2.75) is 25.9 Å². The number of ether oxygens (including phenoxy) is 3. The maximum Gasteiger partial charge on any atom is 0.0630 e. The summed E-state index contributed by atoms with van der Waals surface area (Å²) < 4.78 is 15.7. The van der Waals surface area contributed by atoms with Crippen LogP contribution in [0, 0.1) is 5.41 Å². The van der Waals surface area contributed by atoms with Crippen molar-refractivity contribution in [2.75, 3.05) is 41.2 Å². The molecule has 0 fully saturated rings. The van der Waals surface area contributed by atoms with Crippen LogP contribution in [-0.2, 0) is 14.2 Å². The van der Waals surface area contributed by atoms with E-state index in [2.05, 4.69) is 0 Å². The number of rotatable bonds is 8. The fourth-order valence-electron chi connectivity index (χ4n) is 1.88. The van der Waals surface area contributed by atoms with Crippen LogP contribution in [0.3, 0.4) is 0 Å². The van der Waals surface area contributed by atoms with E-state index in [0.29, 0.717) is 19.6 Å². The molecule has 0 aromatic carbocycles. The molecule has 0 amide bonds. The minimum Gasteiger partial charge on any atom is -0.396 e. The molecule has 0 radical (unpaired) electrons. The first-order valence-electron chi connectivity index (χ1n) is 5.09. The Hall–Kier alpha value is -0.160. The van der Waals surface area contributed by atoms with Gasteiger partial charge < -0.3 is 19.3 Å². The van der Waals surface area contributed by atoms with E-state index in [1.165, 1.54) is 0 Å². The van der Waals surface area contributed by atoms with Crippen LogP contribution < -0.4 is 0 Å². The summed E-state index contributed by atoms with van der Waals surface area (Å²) in [4.78, 5) is 0. The third-order valence-corrected chi connectivity index (χ3v) is 2.59. The molecule has 0 aromatic rings. The van der Waals surface area contributed by atoms with Gasteiger partial charge in [0.1, 0.15) is 0 Å². The molecule has 0 heterocycles. The molecule has 4 heteroatoms. The highest BCUT2D eigenvalue weighted by molar-refractivity contribution is 4.86. The monoisotopic (exact) mass is 220 g/mol. The van der Waals surface area contributed by atoms with Gasteiger partial charge in [-0.1, -0.05) is 0 Å². The number of hydrogen-bond acceptors (Lipinski definition) is 4. The summed E-state index contributed by atoms with van der Waals surface area (Å²) in [7, 11) is 4.92. The minimum atomic E-state index is -0.386. The third-order valence-electron chi connectivity index (χ3n) is 2.59. The smallest absolute Gasteiger partial charge is 0.0630 e. The van der Waals surface area contributed by atoms with Crippen LogP contribution in [-0.4, -0.2) is 51.9 Å². The summed E-state index contributed by atoms with van der Waals surface area (Å²) in [5.74, 6) is 0. The SMILES string of the molecule is COCC(CO)(COC)CC(C)(C)OC. The molecule has 0 atom stereocenters. The lowest BCUT2D eigenvalue weighted by molar-refractivity contribution is -0.0879. The Morgan fingerprint density at radius 1 is 1.00 bits per heavy atom. The maximum absolute atomic E-state index is 9.48. The average Bonchev–Trinajstić information content (AvgIpc) is 2.18. The molecule has 0 aliphatic carbocycles. The van der Waals surface area contributed by atoms with Gasteiger partial charge in [-0.2, -0.15) is 0 Å². The molecule has 0 aliphatic heterocycles. The van der Waals surface area contributed by atoms with Gasteiger partial charge in [-0.3, -0.25) is 0 Å². The van der Waals surface area contributed by atoms with Crippen LogP contribution in [0.25, 0.3) is 0 Å². The Kier molecular flexibility index (Phi) is 6.36. The van der Waals surface area contributed by atoms with Gasteiger partial charge in [0.05, 0.1) is 25.4 Å². The van der Waals surface area contributed by atoms with Crippen LogP contribution in [0.2, 0.25) is 0 Å². The lowest BCUT2D eigenvalue weighted by Crippen LogP contribution is -2.42. The maximum atomic E-state index is 9.48. The topological polar surface area (TPSA) is 47.9 Å². The second kappa shape index (κ2) is 6.43. The molecule has 15 heavy (non-hydrogen) atoms. The van der Waals surface area contributed by atoms with Gasteiger partial charge in [-0.05, 0) is 20.3 Å². The van der Waals surface area contributed by atoms with Crippen LogP contribution in [0.4, 0.5) is 0 Å². The Bertz CT molecular complexity index is 162. The number of hydrogen-bond donors (Lipinski definition) is 1. The molecule has 0 saturated carbocycles. The summed E-state index contributed by atoms with van der Waals surface area (Å²) >= 11 is 0. The van der Waals surface area contributed by atoms with Gasteiger partial charge in [0.25, 0.3) is 0 Å². The third kappa shape index (κ3) is 4.93. The van der Waals surface area contributed by atoms with Crippen molar-refractivity contribution in [3.8, 4) is 0 Å². The predicted molar refractivity (Wildman–Crippen MR) is 59.0 cm³/mol. The molecule has 92 valence electrons. The van der Waals surface area contributed by atoms with Crippen molar-refractivity contribution in [2.24, 2.45) is 5.41 Å². The average molecular weight is 220 g/mol. The zero-order valence-electron chi connectivity index (χ0n) is 10.5. The fourth-order valence-corrected chi connectivity index (χ4v) is 1.88. The van der Waals surface area contributed by atoms with E-state index in [1.54, 1.807) is 21.3 Å². The summed E-state index contributed by atoms with van der Waals surface area (Å²) in [6.45, 7) is 4.93. The Morgan fingerprint density at radius 3 is 1.73 bits per heavy atom. The highest BCUT2D eigenvalue weighted by Crippen LogP contribution is 2.31. The first-order valence-corrected chi connectivity index (χ1v) is 5.09. The summed E-state index contributed by atoms with van der Waals surface area (Å²) in [5, 5.41) is 9.48. The normalized spacial score (nSPS) is 13.2. The zero-order valence-corrected chi connectivity index (χ0v) is 10.5. The van der Waals surface area contributed by atoms with Crippen molar-refractivity contribution in [1.29, 1.82) is 0 Å². The summed E-state index contributed by atoms with van der Waals surface area (Å²) in [5.41, 5.74) is -0.678. The lowest BCUT2D eigenvalue weighted by atomic mass is 9.80. The van der Waals surface area contributed by atoms with Crippen LogP contribution >= 0.6 is 0 Å². The first-order chi connectivity index (χ1) is 6.95. The Balaban J connectivity index is 4.59. The van der Waals surface area contributed by atoms with Gasteiger partial charge >= 0.3 is 0 Å². The standard InChI is InChI=1S/C11H24O4/c1-10(2,15-5)6-11(7-12,8-13-3)9-14-4/h12H,6-9H2,1-5H3. The largest absolute Gasteiger partial charge is 0.396 e. The number of aliphatic hydroxyl groups is 1. The predicted octanol–water partition coefficient (Wildman–Crippen LogP) is 1.07. The highest BCUT2D eigenvalue weighted by atomic mass is 16.5. The second-order valence-electron chi connectivity index (χ2n) is 4.66.